The highest BCUT2D eigenvalue weighted by Crippen LogP contribution is 2.16. The number of amides is 1. The van der Waals surface area contributed by atoms with Crippen LogP contribution in [0.1, 0.15) is 27.8 Å². The van der Waals surface area contributed by atoms with Gasteiger partial charge in [0.05, 0.1) is 0 Å². The maximum atomic E-state index is 12.3. The first-order chi connectivity index (χ1) is 12.1. The smallest absolute Gasteiger partial charge is 0.274 e. The van der Waals surface area contributed by atoms with Gasteiger partial charge >= 0.3 is 0 Å². The van der Waals surface area contributed by atoms with Gasteiger partial charge in [0, 0.05) is 23.1 Å². The molecular weight excluding hydrogens is 316 g/mol. The summed E-state index contributed by atoms with van der Waals surface area (Å²) in [6.07, 6.45) is 1.50. The fourth-order valence-corrected chi connectivity index (χ4v) is 2.21. The zero-order chi connectivity index (χ0) is 17.6. The lowest BCUT2D eigenvalue weighted by Gasteiger charge is -2.08. The van der Waals surface area contributed by atoms with Crippen LogP contribution in [0.5, 0.6) is 0 Å². The first kappa shape index (κ1) is 16.3. The van der Waals surface area contributed by atoms with Crippen LogP contribution in [0, 0.1) is 0 Å². The lowest BCUT2D eigenvalue weighted by atomic mass is 10.1. The van der Waals surface area contributed by atoms with Crippen LogP contribution in [0.15, 0.2) is 66.9 Å². The molecule has 0 saturated heterocycles. The Bertz CT molecular complexity index is 910. The van der Waals surface area contributed by atoms with Crippen LogP contribution in [0.25, 0.3) is 0 Å². The highest BCUT2D eigenvalue weighted by molar-refractivity contribution is 6.03. The summed E-state index contributed by atoms with van der Waals surface area (Å²) in [7, 11) is 0. The number of para-hydroxylation sites is 1. The first-order valence-corrected chi connectivity index (χ1v) is 7.69. The normalized spacial score (nSPS) is 10.1. The number of hydrogen-bond acceptors (Lipinski definition) is 5. The molecule has 0 bridgehead atoms. The highest BCUT2D eigenvalue weighted by Gasteiger charge is 2.09. The van der Waals surface area contributed by atoms with Crippen LogP contribution in [0.3, 0.4) is 0 Å². The molecule has 1 heterocycles. The van der Waals surface area contributed by atoms with E-state index in [1.54, 1.807) is 36.4 Å². The lowest BCUT2D eigenvalue weighted by Crippen LogP contribution is -2.14. The van der Waals surface area contributed by atoms with Gasteiger partial charge in [-0.25, -0.2) is 9.97 Å². The molecule has 0 aliphatic rings. The average molecular weight is 332 g/mol. The number of Topliss-reactive ketones (excluding diaryl/α,β-unsaturated/α-hetero) is 1. The van der Waals surface area contributed by atoms with Crippen LogP contribution in [-0.2, 0) is 0 Å². The van der Waals surface area contributed by atoms with E-state index in [0.29, 0.717) is 16.9 Å². The summed E-state index contributed by atoms with van der Waals surface area (Å²) in [6, 6.07) is 17.7. The van der Waals surface area contributed by atoms with Gasteiger partial charge in [-0.15, -0.1) is 0 Å². The average Bonchev–Trinajstić information content (AvgIpc) is 2.63. The van der Waals surface area contributed by atoms with Crippen molar-refractivity contribution in [2.45, 2.75) is 6.92 Å². The van der Waals surface area contributed by atoms with Gasteiger partial charge in [-0.2, -0.15) is 0 Å². The monoisotopic (exact) mass is 332 g/mol. The Morgan fingerprint density at radius 2 is 1.68 bits per heavy atom. The Labute approximate surface area is 145 Å². The van der Waals surface area contributed by atoms with Gasteiger partial charge < -0.3 is 10.6 Å². The number of rotatable bonds is 5. The molecule has 0 unspecified atom stereocenters. The van der Waals surface area contributed by atoms with E-state index in [4.69, 9.17) is 0 Å². The number of benzene rings is 2. The zero-order valence-corrected chi connectivity index (χ0v) is 13.6. The molecule has 0 radical (unpaired) electrons. The SMILES string of the molecule is CC(=O)c1cccc(Nc2nccc(C(=O)Nc3ccccc3)n2)c1. The van der Waals surface area contributed by atoms with E-state index in [0.717, 1.165) is 0 Å². The Morgan fingerprint density at radius 3 is 2.44 bits per heavy atom. The quantitative estimate of drug-likeness (QED) is 0.696. The summed E-state index contributed by atoms with van der Waals surface area (Å²) < 4.78 is 0. The third-order valence-electron chi connectivity index (χ3n) is 3.45. The fraction of sp³-hybridized carbons (Fsp3) is 0.0526. The van der Waals surface area contributed by atoms with E-state index in [-0.39, 0.29) is 23.3 Å². The summed E-state index contributed by atoms with van der Waals surface area (Å²) >= 11 is 0. The van der Waals surface area contributed by atoms with Gasteiger partial charge in [0.2, 0.25) is 5.95 Å². The number of nitrogens with one attached hydrogen (secondary N) is 2. The second-order valence-electron chi connectivity index (χ2n) is 5.35. The van der Waals surface area contributed by atoms with E-state index in [9.17, 15) is 9.59 Å². The maximum Gasteiger partial charge on any atom is 0.274 e. The second kappa shape index (κ2) is 7.35. The molecule has 6 heteroatoms. The van der Waals surface area contributed by atoms with Gasteiger partial charge in [0.15, 0.2) is 5.78 Å². The minimum atomic E-state index is -0.325. The van der Waals surface area contributed by atoms with Crippen molar-refractivity contribution >= 4 is 29.0 Å². The molecular formula is C19H16N4O2. The number of nitrogens with zero attached hydrogens (tertiary/aromatic N) is 2. The summed E-state index contributed by atoms with van der Waals surface area (Å²) in [4.78, 5) is 32.1. The lowest BCUT2D eigenvalue weighted by molar-refractivity contribution is 0.101. The topological polar surface area (TPSA) is 84.0 Å². The summed E-state index contributed by atoms with van der Waals surface area (Å²) in [6.45, 7) is 1.50. The molecule has 0 atom stereocenters. The minimum absolute atomic E-state index is 0.0273. The molecule has 1 aromatic heterocycles. The Morgan fingerprint density at radius 1 is 0.920 bits per heavy atom. The Hall–Kier alpha value is -3.54. The van der Waals surface area contributed by atoms with E-state index >= 15 is 0 Å². The van der Waals surface area contributed by atoms with Crippen molar-refractivity contribution in [1.82, 2.24) is 9.97 Å². The third kappa shape index (κ3) is 4.26. The zero-order valence-electron chi connectivity index (χ0n) is 13.6. The van der Waals surface area contributed by atoms with Crippen LogP contribution < -0.4 is 10.6 Å². The number of carbonyl (C=O) groups excluding carboxylic acids is 2. The third-order valence-corrected chi connectivity index (χ3v) is 3.45. The van der Waals surface area contributed by atoms with Crippen LogP contribution in [0.2, 0.25) is 0 Å². The molecule has 3 aromatic rings. The van der Waals surface area contributed by atoms with Gasteiger partial charge in [-0.1, -0.05) is 30.3 Å². The molecule has 0 saturated carbocycles. The number of ketones is 1. The van der Waals surface area contributed by atoms with Crippen molar-refractivity contribution in [2.75, 3.05) is 10.6 Å². The second-order valence-corrected chi connectivity index (χ2v) is 5.35. The highest BCUT2D eigenvalue weighted by atomic mass is 16.2. The molecule has 124 valence electrons. The molecule has 6 nitrogen and oxygen atoms in total. The van der Waals surface area contributed by atoms with Gasteiger partial charge in [-0.05, 0) is 37.3 Å². The van der Waals surface area contributed by atoms with Crippen molar-refractivity contribution in [3.05, 3.63) is 78.1 Å². The van der Waals surface area contributed by atoms with E-state index in [1.165, 1.54) is 19.2 Å². The predicted octanol–water partition coefficient (Wildman–Crippen LogP) is 3.68. The Balaban J connectivity index is 1.76. The fourth-order valence-electron chi connectivity index (χ4n) is 2.21. The van der Waals surface area contributed by atoms with Crippen LogP contribution in [0.4, 0.5) is 17.3 Å². The van der Waals surface area contributed by atoms with Crippen LogP contribution >= 0.6 is 0 Å². The van der Waals surface area contributed by atoms with Gasteiger partial charge in [0.25, 0.3) is 5.91 Å². The molecule has 0 aliphatic heterocycles. The molecule has 2 aromatic carbocycles. The number of aromatic nitrogens is 2. The predicted molar refractivity (Wildman–Crippen MR) is 96.2 cm³/mol. The Kier molecular flexibility index (Phi) is 4.80. The summed E-state index contributed by atoms with van der Waals surface area (Å²) in [5.74, 6) is -0.0730. The maximum absolute atomic E-state index is 12.3. The number of anilines is 3. The first-order valence-electron chi connectivity index (χ1n) is 7.69. The standard InChI is InChI=1S/C19H16N4O2/c1-13(24)14-6-5-9-16(12-14)22-19-20-11-10-17(23-19)18(25)21-15-7-3-2-4-8-15/h2-12H,1H3,(H,21,25)(H,20,22,23). The number of hydrogen-bond donors (Lipinski definition) is 2. The minimum Gasteiger partial charge on any atom is -0.324 e. The van der Waals surface area contributed by atoms with Crippen LogP contribution in [-0.4, -0.2) is 21.7 Å². The number of carbonyl (C=O) groups is 2. The van der Waals surface area contributed by atoms with Crippen molar-refractivity contribution in [3.8, 4) is 0 Å². The van der Waals surface area contributed by atoms with Crippen molar-refractivity contribution in [2.24, 2.45) is 0 Å². The molecule has 2 N–H and O–H groups in total. The van der Waals surface area contributed by atoms with Gasteiger partial charge in [0.1, 0.15) is 5.69 Å². The summed E-state index contributed by atoms with van der Waals surface area (Å²) in [5.41, 5.74) is 2.19. The van der Waals surface area contributed by atoms with Gasteiger partial charge in [-0.3, -0.25) is 9.59 Å². The molecule has 3 rings (SSSR count). The summed E-state index contributed by atoms with van der Waals surface area (Å²) in [5, 5.41) is 5.78. The molecule has 0 spiro atoms. The molecule has 1 amide bonds. The van der Waals surface area contributed by atoms with Crippen molar-refractivity contribution in [3.63, 3.8) is 0 Å². The van der Waals surface area contributed by atoms with Crippen molar-refractivity contribution in [1.29, 1.82) is 0 Å². The van der Waals surface area contributed by atoms with Crippen molar-refractivity contribution < 1.29 is 9.59 Å². The molecule has 25 heavy (non-hydrogen) atoms. The van der Waals surface area contributed by atoms with E-state index in [1.807, 2.05) is 18.2 Å². The largest absolute Gasteiger partial charge is 0.324 e. The molecule has 0 fully saturated rings. The van der Waals surface area contributed by atoms with E-state index in [2.05, 4.69) is 20.6 Å². The van der Waals surface area contributed by atoms with E-state index < -0.39 is 0 Å². The molecule has 0 aliphatic carbocycles.